The first kappa shape index (κ1) is 36.0. The van der Waals surface area contributed by atoms with E-state index in [0.717, 1.165) is 31.6 Å². The molecule has 0 spiro atoms. The summed E-state index contributed by atoms with van der Waals surface area (Å²) in [5.74, 6) is -8.52. The SMILES string of the molecule is CCCCCC1CCC(C2COC(c3cc(F)c(C(F)(F)Oc4ccc(-c5cc(F)c(C(F)(F)F)c(F)c5)c(F)c4)c(F)c3)OC2)CC1. The summed E-state index contributed by atoms with van der Waals surface area (Å²) in [7, 11) is 0. The van der Waals surface area contributed by atoms with Crippen LogP contribution in [0, 0.1) is 46.8 Å². The number of unbranched alkanes of at least 4 members (excludes halogenated alkanes) is 2. The highest BCUT2D eigenvalue weighted by Crippen LogP contribution is 2.42. The van der Waals surface area contributed by atoms with Gasteiger partial charge in [0, 0.05) is 23.1 Å². The molecule has 262 valence electrons. The fourth-order valence-corrected chi connectivity index (χ4v) is 6.61. The van der Waals surface area contributed by atoms with Gasteiger partial charge >= 0.3 is 12.3 Å². The minimum absolute atomic E-state index is 0.105. The van der Waals surface area contributed by atoms with Gasteiger partial charge in [0.05, 0.1) is 13.2 Å². The van der Waals surface area contributed by atoms with Gasteiger partial charge in [0.1, 0.15) is 46.0 Å². The van der Waals surface area contributed by atoms with E-state index in [0.29, 0.717) is 36.2 Å². The van der Waals surface area contributed by atoms with Crippen molar-refractivity contribution in [3.05, 3.63) is 88.2 Å². The van der Waals surface area contributed by atoms with Gasteiger partial charge in [-0.2, -0.15) is 22.0 Å². The first-order chi connectivity index (χ1) is 22.7. The highest BCUT2D eigenvalue weighted by molar-refractivity contribution is 5.66. The van der Waals surface area contributed by atoms with Crippen LogP contribution in [0.4, 0.5) is 43.9 Å². The third-order valence-corrected chi connectivity index (χ3v) is 9.15. The summed E-state index contributed by atoms with van der Waals surface area (Å²) in [5.41, 5.74) is -5.42. The Bertz CT molecular complexity index is 1530. The molecule has 3 aromatic carbocycles. The molecule has 0 N–H and O–H groups in total. The van der Waals surface area contributed by atoms with Crippen LogP contribution in [0.2, 0.25) is 0 Å². The van der Waals surface area contributed by atoms with Crippen molar-refractivity contribution in [3.63, 3.8) is 0 Å². The Morgan fingerprint density at radius 1 is 0.688 bits per heavy atom. The highest BCUT2D eigenvalue weighted by atomic mass is 19.4. The third-order valence-electron chi connectivity index (χ3n) is 9.15. The summed E-state index contributed by atoms with van der Waals surface area (Å²) < 4.78 is 157. The molecule has 1 saturated heterocycles. The van der Waals surface area contributed by atoms with E-state index in [4.69, 9.17) is 9.47 Å². The maximum atomic E-state index is 15.0. The molecule has 3 aromatic rings. The molecule has 0 radical (unpaired) electrons. The lowest BCUT2D eigenvalue weighted by Gasteiger charge is -2.38. The Hall–Kier alpha value is -3.32. The molecule has 0 amide bonds. The van der Waals surface area contributed by atoms with Crippen molar-refractivity contribution in [1.29, 1.82) is 0 Å². The van der Waals surface area contributed by atoms with Crippen molar-refractivity contribution in [2.75, 3.05) is 13.2 Å². The molecule has 0 unspecified atom stereocenters. The summed E-state index contributed by atoms with van der Waals surface area (Å²) in [5, 5.41) is 0. The normalized spacial score (nSPS) is 22.1. The molecule has 0 bridgehead atoms. The van der Waals surface area contributed by atoms with Crippen molar-refractivity contribution < 1.29 is 58.1 Å². The lowest BCUT2D eigenvalue weighted by Crippen LogP contribution is -2.34. The maximum absolute atomic E-state index is 15.0. The van der Waals surface area contributed by atoms with E-state index >= 15 is 17.6 Å². The molecule has 2 fully saturated rings. The quantitative estimate of drug-likeness (QED) is 0.156. The molecule has 13 heteroatoms. The minimum Gasteiger partial charge on any atom is -0.429 e. The number of benzene rings is 3. The Morgan fingerprint density at radius 2 is 1.27 bits per heavy atom. The Kier molecular flexibility index (Phi) is 11.0. The molecular weight excluding hydrogens is 658 g/mol. The Labute approximate surface area is 271 Å². The molecular formula is C35H34F10O3. The van der Waals surface area contributed by atoms with E-state index in [-0.39, 0.29) is 36.8 Å². The van der Waals surface area contributed by atoms with E-state index in [9.17, 15) is 26.3 Å². The first-order valence-electron chi connectivity index (χ1n) is 15.8. The summed E-state index contributed by atoms with van der Waals surface area (Å²) in [6.45, 7) is 2.75. The molecule has 0 atom stereocenters. The van der Waals surface area contributed by atoms with E-state index in [1.807, 2.05) is 0 Å². The maximum Gasteiger partial charge on any atom is 0.432 e. The van der Waals surface area contributed by atoms with Crippen LogP contribution in [0.3, 0.4) is 0 Å². The average molecular weight is 693 g/mol. The van der Waals surface area contributed by atoms with Crippen LogP contribution in [0.1, 0.15) is 81.3 Å². The van der Waals surface area contributed by atoms with Gasteiger partial charge in [-0.25, -0.2) is 22.0 Å². The van der Waals surface area contributed by atoms with Gasteiger partial charge in [-0.3, -0.25) is 0 Å². The molecule has 1 aliphatic carbocycles. The number of rotatable bonds is 10. The zero-order valence-electron chi connectivity index (χ0n) is 25.9. The van der Waals surface area contributed by atoms with Crippen molar-refractivity contribution in [3.8, 4) is 16.9 Å². The number of hydrogen-bond donors (Lipinski definition) is 0. The largest absolute Gasteiger partial charge is 0.432 e. The number of halogens is 10. The van der Waals surface area contributed by atoms with Crippen LogP contribution >= 0.6 is 0 Å². The van der Waals surface area contributed by atoms with Gasteiger partial charge in [0.15, 0.2) is 6.29 Å². The van der Waals surface area contributed by atoms with Crippen molar-refractivity contribution in [1.82, 2.24) is 0 Å². The molecule has 1 saturated carbocycles. The van der Waals surface area contributed by atoms with Gasteiger partial charge in [-0.15, -0.1) is 0 Å². The van der Waals surface area contributed by atoms with Gasteiger partial charge in [-0.1, -0.05) is 45.4 Å². The van der Waals surface area contributed by atoms with Gasteiger partial charge in [-0.05, 0) is 66.6 Å². The topological polar surface area (TPSA) is 27.7 Å². The number of hydrogen-bond acceptors (Lipinski definition) is 3. The van der Waals surface area contributed by atoms with Gasteiger partial charge in [0.25, 0.3) is 0 Å². The zero-order valence-corrected chi connectivity index (χ0v) is 25.9. The standard InChI is InChI=1S/C35H34F10O3/c1-2-3-4-5-19-6-8-20(9-7-19)23-17-46-33(47-18-23)22-14-29(39)32(30(40)15-22)35(44,45)48-24-10-11-25(26(36)16-24)21-12-27(37)31(28(38)13-21)34(41,42)43/h10-16,19-20,23,33H,2-9,17-18H2,1H3. The second kappa shape index (κ2) is 14.7. The lowest BCUT2D eigenvalue weighted by atomic mass is 9.74. The highest BCUT2D eigenvalue weighted by Gasteiger charge is 2.43. The Balaban J connectivity index is 1.23. The minimum atomic E-state index is -5.36. The monoisotopic (exact) mass is 692 g/mol. The van der Waals surface area contributed by atoms with E-state index in [2.05, 4.69) is 11.7 Å². The molecule has 2 aliphatic rings. The summed E-state index contributed by atoms with van der Waals surface area (Å²) >= 11 is 0. The molecule has 48 heavy (non-hydrogen) atoms. The number of alkyl halides is 5. The first-order valence-corrected chi connectivity index (χ1v) is 15.8. The van der Waals surface area contributed by atoms with Gasteiger partial charge in [0.2, 0.25) is 0 Å². The second-order valence-corrected chi connectivity index (χ2v) is 12.5. The number of ether oxygens (including phenoxy) is 3. The second-order valence-electron chi connectivity index (χ2n) is 12.5. The Morgan fingerprint density at radius 3 is 1.81 bits per heavy atom. The van der Waals surface area contributed by atoms with E-state index in [1.54, 1.807) is 0 Å². The molecule has 5 rings (SSSR count). The van der Waals surface area contributed by atoms with Crippen LogP contribution in [0.25, 0.3) is 11.1 Å². The predicted octanol–water partition coefficient (Wildman–Crippen LogP) is 11.2. The van der Waals surface area contributed by atoms with Crippen LogP contribution in [-0.4, -0.2) is 13.2 Å². The molecule has 3 nitrogen and oxygen atoms in total. The molecule has 0 aromatic heterocycles. The summed E-state index contributed by atoms with van der Waals surface area (Å²) in [6, 6.07) is 3.47. The van der Waals surface area contributed by atoms with Crippen LogP contribution < -0.4 is 4.74 Å². The van der Waals surface area contributed by atoms with Crippen LogP contribution in [-0.2, 0) is 21.8 Å². The fourth-order valence-electron chi connectivity index (χ4n) is 6.61. The molecule has 1 aliphatic heterocycles. The lowest BCUT2D eigenvalue weighted by molar-refractivity contribution is -0.215. The predicted molar refractivity (Wildman–Crippen MR) is 155 cm³/mol. The summed E-state index contributed by atoms with van der Waals surface area (Å²) in [4.78, 5) is 0. The van der Waals surface area contributed by atoms with Crippen molar-refractivity contribution in [2.24, 2.45) is 17.8 Å². The van der Waals surface area contributed by atoms with Crippen molar-refractivity contribution >= 4 is 0 Å². The van der Waals surface area contributed by atoms with E-state index < -0.39 is 75.7 Å². The summed E-state index contributed by atoms with van der Waals surface area (Å²) in [6.07, 6.45) is -1.95. The van der Waals surface area contributed by atoms with Gasteiger partial charge < -0.3 is 14.2 Å². The van der Waals surface area contributed by atoms with E-state index in [1.165, 1.54) is 25.7 Å². The smallest absolute Gasteiger partial charge is 0.429 e. The van der Waals surface area contributed by atoms with Crippen LogP contribution in [0.15, 0.2) is 42.5 Å². The van der Waals surface area contributed by atoms with Crippen molar-refractivity contribution in [2.45, 2.75) is 76.9 Å². The average Bonchev–Trinajstić information content (AvgIpc) is 3.00. The zero-order chi connectivity index (χ0) is 34.8. The fraction of sp³-hybridized carbons (Fsp3) is 0.486. The van der Waals surface area contributed by atoms with Crippen LogP contribution in [0.5, 0.6) is 5.75 Å². The third kappa shape index (κ3) is 8.10. The molecule has 1 heterocycles.